The monoisotopic (exact) mass is 190 g/mol. The second-order valence-electron chi connectivity index (χ2n) is 4.05. The van der Waals surface area contributed by atoms with Crippen LogP contribution < -0.4 is 0 Å². The van der Waals surface area contributed by atoms with Gasteiger partial charge in [0, 0.05) is 0 Å². The van der Waals surface area contributed by atoms with Crippen molar-refractivity contribution >= 4 is 0 Å². The highest BCUT2D eigenvalue weighted by Crippen LogP contribution is 2.40. The van der Waals surface area contributed by atoms with Gasteiger partial charge in [0.25, 0.3) is 0 Å². The summed E-state index contributed by atoms with van der Waals surface area (Å²) in [5, 5.41) is 0. The molecule has 2 aliphatic rings. The Kier molecular flexibility index (Phi) is 2.03. The van der Waals surface area contributed by atoms with Crippen LogP contribution in [0.25, 0.3) is 0 Å². The molecule has 14 heavy (non-hydrogen) atoms. The van der Waals surface area contributed by atoms with Gasteiger partial charge in [-0.25, -0.2) is 0 Å². The lowest BCUT2D eigenvalue weighted by atomic mass is 10.2. The lowest BCUT2D eigenvalue weighted by molar-refractivity contribution is 0.0160. The number of hydrogen-bond acceptors (Lipinski definition) is 2. The van der Waals surface area contributed by atoms with E-state index in [4.69, 9.17) is 9.47 Å². The van der Waals surface area contributed by atoms with Gasteiger partial charge >= 0.3 is 0 Å². The Morgan fingerprint density at radius 3 is 2.71 bits per heavy atom. The second-order valence-corrected chi connectivity index (χ2v) is 4.05. The molecule has 3 atom stereocenters. The van der Waals surface area contributed by atoms with Crippen LogP contribution in [0.3, 0.4) is 0 Å². The zero-order valence-corrected chi connectivity index (χ0v) is 8.06. The van der Waals surface area contributed by atoms with Gasteiger partial charge in [-0.1, -0.05) is 30.3 Å². The van der Waals surface area contributed by atoms with E-state index in [1.54, 1.807) is 0 Å². The van der Waals surface area contributed by atoms with Crippen molar-refractivity contribution in [2.24, 2.45) is 0 Å². The first-order valence-electron chi connectivity index (χ1n) is 5.24. The summed E-state index contributed by atoms with van der Waals surface area (Å²) in [7, 11) is 0. The number of rotatable bonds is 3. The molecular formula is C12H14O2. The van der Waals surface area contributed by atoms with E-state index >= 15 is 0 Å². The fourth-order valence-electron chi connectivity index (χ4n) is 2.16. The summed E-state index contributed by atoms with van der Waals surface area (Å²) in [6, 6.07) is 10.3. The summed E-state index contributed by atoms with van der Waals surface area (Å²) in [5.74, 6) is 0. The first-order chi connectivity index (χ1) is 6.93. The van der Waals surface area contributed by atoms with Crippen molar-refractivity contribution in [2.45, 2.75) is 37.8 Å². The second kappa shape index (κ2) is 3.37. The molecule has 0 amide bonds. The fourth-order valence-corrected chi connectivity index (χ4v) is 2.16. The SMILES string of the molecule is c1ccc(CO[C@@H]2CC[C@H]3O[C@@H]23)cc1. The van der Waals surface area contributed by atoms with E-state index in [0.717, 1.165) is 6.61 Å². The number of hydrogen-bond donors (Lipinski definition) is 0. The van der Waals surface area contributed by atoms with E-state index in [1.165, 1.54) is 18.4 Å². The Labute approximate surface area is 83.8 Å². The number of benzene rings is 1. The van der Waals surface area contributed by atoms with E-state index < -0.39 is 0 Å². The van der Waals surface area contributed by atoms with Crippen LogP contribution in [0.4, 0.5) is 0 Å². The Morgan fingerprint density at radius 2 is 2.07 bits per heavy atom. The minimum Gasteiger partial charge on any atom is -0.371 e. The van der Waals surface area contributed by atoms with E-state index in [9.17, 15) is 0 Å². The fraction of sp³-hybridized carbons (Fsp3) is 0.500. The highest BCUT2D eigenvalue weighted by atomic mass is 16.6. The van der Waals surface area contributed by atoms with Crippen LogP contribution in [0, 0.1) is 0 Å². The maximum atomic E-state index is 5.82. The molecule has 1 saturated carbocycles. The molecule has 0 radical (unpaired) electrons. The summed E-state index contributed by atoms with van der Waals surface area (Å²) in [6.07, 6.45) is 3.64. The molecule has 0 aromatic heterocycles. The van der Waals surface area contributed by atoms with Gasteiger partial charge in [0.1, 0.15) is 6.10 Å². The van der Waals surface area contributed by atoms with Crippen molar-refractivity contribution in [3.63, 3.8) is 0 Å². The van der Waals surface area contributed by atoms with Gasteiger partial charge in [0.2, 0.25) is 0 Å². The Balaban J connectivity index is 1.54. The van der Waals surface area contributed by atoms with Crippen molar-refractivity contribution in [3.05, 3.63) is 35.9 Å². The molecule has 1 aromatic carbocycles. The van der Waals surface area contributed by atoms with E-state index in [-0.39, 0.29) is 0 Å². The molecule has 1 saturated heterocycles. The highest BCUT2D eigenvalue weighted by molar-refractivity contribution is 5.13. The van der Waals surface area contributed by atoms with Crippen molar-refractivity contribution in [1.29, 1.82) is 0 Å². The van der Waals surface area contributed by atoms with Crippen LogP contribution in [-0.4, -0.2) is 18.3 Å². The summed E-state index contributed by atoms with van der Waals surface area (Å²) >= 11 is 0. The average Bonchev–Trinajstić information content (AvgIpc) is 2.92. The minimum atomic E-state index is 0.347. The third kappa shape index (κ3) is 1.56. The van der Waals surface area contributed by atoms with Crippen LogP contribution in [0.1, 0.15) is 18.4 Å². The third-order valence-electron chi connectivity index (χ3n) is 3.03. The topological polar surface area (TPSA) is 21.8 Å². The van der Waals surface area contributed by atoms with Gasteiger partial charge in [0.05, 0.1) is 18.8 Å². The molecule has 2 heteroatoms. The largest absolute Gasteiger partial charge is 0.371 e. The van der Waals surface area contributed by atoms with Gasteiger partial charge in [-0.2, -0.15) is 0 Å². The van der Waals surface area contributed by atoms with Crippen LogP contribution in [-0.2, 0) is 16.1 Å². The predicted octanol–water partition coefficient (Wildman–Crippen LogP) is 2.13. The summed E-state index contributed by atoms with van der Waals surface area (Å²) in [6.45, 7) is 0.720. The normalized spacial score (nSPS) is 34.1. The molecule has 2 fully saturated rings. The molecule has 0 unspecified atom stereocenters. The molecule has 1 heterocycles. The number of fused-ring (bicyclic) bond motifs is 1. The van der Waals surface area contributed by atoms with E-state index in [2.05, 4.69) is 12.1 Å². The molecule has 1 aliphatic carbocycles. The Morgan fingerprint density at radius 1 is 1.21 bits per heavy atom. The lowest BCUT2D eigenvalue weighted by Gasteiger charge is -2.11. The van der Waals surface area contributed by atoms with Crippen molar-refractivity contribution < 1.29 is 9.47 Å². The van der Waals surface area contributed by atoms with Gasteiger partial charge < -0.3 is 9.47 Å². The molecule has 1 aliphatic heterocycles. The first-order valence-corrected chi connectivity index (χ1v) is 5.24. The van der Waals surface area contributed by atoms with Gasteiger partial charge in [0.15, 0.2) is 0 Å². The zero-order valence-electron chi connectivity index (χ0n) is 8.06. The van der Waals surface area contributed by atoms with E-state index in [0.29, 0.717) is 18.3 Å². The van der Waals surface area contributed by atoms with Crippen LogP contribution in [0.2, 0.25) is 0 Å². The molecule has 0 N–H and O–H groups in total. The van der Waals surface area contributed by atoms with E-state index in [1.807, 2.05) is 18.2 Å². The maximum Gasteiger partial charge on any atom is 0.110 e. The Hall–Kier alpha value is -0.860. The standard InChI is InChI=1S/C12H14O2/c1-2-4-9(5-3-1)8-13-10-6-7-11-12(10)14-11/h1-5,10-12H,6-8H2/t10-,11-,12+/m1/s1. The number of epoxide rings is 1. The van der Waals surface area contributed by atoms with Crippen LogP contribution in [0.5, 0.6) is 0 Å². The Bertz CT molecular complexity index is 309. The molecule has 3 rings (SSSR count). The predicted molar refractivity (Wildman–Crippen MR) is 52.9 cm³/mol. The molecule has 74 valence electrons. The van der Waals surface area contributed by atoms with Crippen molar-refractivity contribution in [3.8, 4) is 0 Å². The smallest absolute Gasteiger partial charge is 0.110 e. The summed E-state index contributed by atoms with van der Waals surface area (Å²) < 4.78 is 11.2. The molecular weight excluding hydrogens is 176 g/mol. The van der Waals surface area contributed by atoms with Crippen molar-refractivity contribution in [2.75, 3.05) is 0 Å². The molecule has 2 nitrogen and oxygen atoms in total. The minimum absolute atomic E-state index is 0.347. The van der Waals surface area contributed by atoms with Gasteiger partial charge in [-0.3, -0.25) is 0 Å². The number of ether oxygens (including phenoxy) is 2. The van der Waals surface area contributed by atoms with Gasteiger partial charge in [-0.15, -0.1) is 0 Å². The summed E-state index contributed by atoms with van der Waals surface area (Å²) in [4.78, 5) is 0. The maximum absolute atomic E-state index is 5.82. The lowest BCUT2D eigenvalue weighted by Crippen LogP contribution is -2.15. The van der Waals surface area contributed by atoms with Crippen LogP contribution in [0.15, 0.2) is 30.3 Å². The third-order valence-corrected chi connectivity index (χ3v) is 3.03. The van der Waals surface area contributed by atoms with Crippen molar-refractivity contribution in [1.82, 2.24) is 0 Å². The average molecular weight is 190 g/mol. The molecule has 1 aromatic rings. The molecule has 0 spiro atoms. The highest BCUT2D eigenvalue weighted by Gasteiger charge is 2.50. The summed E-state index contributed by atoms with van der Waals surface area (Å²) in [5.41, 5.74) is 1.25. The quantitative estimate of drug-likeness (QED) is 0.681. The molecule has 0 bridgehead atoms. The van der Waals surface area contributed by atoms with Crippen LogP contribution >= 0.6 is 0 Å². The first kappa shape index (κ1) is 8.45. The zero-order chi connectivity index (χ0) is 9.38. The van der Waals surface area contributed by atoms with Gasteiger partial charge in [-0.05, 0) is 18.4 Å².